The highest BCUT2D eigenvalue weighted by Crippen LogP contribution is 2.14. The fourth-order valence-corrected chi connectivity index (χ4v) is 4.33. The molecule has 0 saturated carbocycles. The molecule has 200 valence electrons. The van der Waals surface area contributed by atoms with E-state index in [0.717, 1.165) is 12.0 Å². The highest BCUT2D eigenvalue weighted by atomic mass is 32.2. The van der Waals surface area contributed by atoms with Crippen LogP contribution in [0.1, 0.15) is 72.6 Å². The molecule has 0 amide bonds. The molecule has 0 atom stereocenters. The normalized spacial score (nSPS) is 11.6. The molecule has 0 aliphatic carbocycles. The predicted molar refractivity (Wildman–Crippen MR) is 127 cm³/mol. The van der Waals surface area contributed by atoms with Crippen LogP contribution < -0.4 is 4.72 Å². The van der Waals surface area contributed by atoms with Gasteiger partial charge < -0.3 is 14.2 Å². The number of esters is 3. The van der Waals surface area contributed by atoms with Crippen molar-refractivity contribution in [3.8, 4) is 0 Å². The van der Waals surface area contributed by atoms with Crippen LogP contribution in [0.15, 0.2) is 0 Å². The molecular formula is C21H39NO10S2. The SMILES string of the molecule is CCOC(=O)CCCC(CCCC(=O)OCC)OC(=O)CNS(=O)(=O)CCCSOOC(C)C. The fraction of sp³-hybridized carbons (Fsp3) is 0.857. The van der Waals surface area contributed by atoms with Gasteiger partial charge in [-0.1, -0.05) is 0 Å². The number of ether oxygens (including phenoxy) is 3. The van der Waals surface area contributed by atoms with Crippen molar-refractivity contribution < 1.29 is 46.2 Å². The quantitative estimate of drug-likeness (QED) is 0.0585. The molecule has 0 aromatic heterocycles. The topological polar surface area (TPSA) is 144 Å². The Kier molecular flexibility index (Phi) is 19.0. The third-order valence-corrected chi connectivity index (χ3v) is 6.12. The zero-order valence-electron chi connectivity index (χ0n) is 20.5. The summed E-state index contributed by atoms with van der Waals surface area (Å²) in [5.74, 6) is -1.19. The molecule has 0 unspecified atom stereocenters. The first-order valence-corrected chi connectivity index (χ1v) is 14.1. The Bertz CT molecular complexity index is 661. The van der Waals surface area contributed by atoms with Gasteiger partial charge >= 0.3 is 17.9 Å². The zero-order valence-corrected chi connectivity index (χ0v) is 22.2. The van der Waals surface area contributed by atoms with E-state index in [1.807, 2.05) is 0 Å². The number of hydrogen-bond acceptors (Lipinski definition) is 11. The number of carbonyl (C=O) groups excluding carboxylic acids is 3. The summed E-state index contributed by atoms with van der Waals surface area (Å²) in [5.41, 5.74) is 0. The number of carbonyl (C=O) groups is 3. The summed E-state index contributed by atoms with van der Waals surface area (Å²) < 4.78 is 46.4. The van der Waals surface area contributed by atoms with Gasteiger partial charge in [-0.2, -0.15) is 4.33 Å². The summed E-state index contributed by atoms with van der Waals surface area (Å²) in [6.07, 6.45) is 1.64. The molecule has 0 aromatic carbocycles. The summed E-state index contributed by atoms with van der Waals surface area (Å²) in [7, 11) is -3.67. The van der Waals surface area contributed by atoms with E-state index in [9.17, 15) is 22.8 Å². The Balaban J connectivity index is 4.46. The van der Waals surface area contributed by atoms with Gasteiger partial charge in [-0.25, -0.2) is 18.0 Å². The van der Waals surface area contributed by atoms with Gasteiger partial charge in [0.05, 0.1) is 25.1 Å². The van der Waals surface area contributed by atoms with Crippen LogP contribution in [0, 0.1) is 0 Å². The maximum absolute atomic E-state index is 12.2. The van der Waals surface area contributed by atoms with Crippen molar-refractivity contribution in [1.82, 2.24) is 4.72 Å². The smallest absolute Gasteiger partial charge is 0.321 e. The summed E-state index contributed by atoms with van der Waals surface area (Å²) in [4.78, 5) is 40.1. The number of rotatable bonds is 21. The molecule has 0 aromatic rings. The molecule has 0 spiro atoms. The zero-order chi connectivity index (χ0) is 25.8. The van der Waals surface area contributed by atoms with Crippen LogP contribution in [0.25, 0.3) is 0 Å². The van der Waals surface area contributed by atoms with Crippen LogP contribution >= 0.6 is 12.0 Å². The van der Waals surface area contributed by atoms with Crippen molar-refractivity contribution in [2.45, 2.75) is 84.8 Å². The van der Waals surface area contributed by atoms with E-state index >= 15 is 0 Å². The Labute approximate surface area is 207 Å². The Morgan fingerprint density at radius 1 is 0.882 bits per heavy atom. The minimum atomic E-state index is -3.67. The molecule has 0 rings (SSSR count). The largest absolute Gasteiger partial charge is 0.466 e. The maximum atomic E-state index is 12.2. The molecule has 34 heavy (non-hydrogen) atoms. The van der Waals surface area contributed by atoms with Crippen LogP contribution in [0.3, 0.4) is 0 Å². The van der Waals surface area contributed by atoms with Crippen molar-refractivity contribution in [3.05, 3.63) is 0 Å². The Hall–Kier alpha value is -1.41. The highest BCUT2D eigenvalue weighted by Gasteiger charge is 2.19. The van der Waals surface area contributed by atoms with Crippen molar-refractivity contribution in [1.29, 1.82) is 0 Å². The van der Waals surface area contributed by atoms with E-state index in [4.69, 9.17) is 23.4 Å². The molecule has 0 aliphatic heterocycles. The predicted octanol–water partition coefficient (Wildman–Crippen LogP) is 2.68. The minimum Gasteiger partial charge on any atom is -0.466 e. The van der Waals surface area contributed by atoms with Crippen molar-refractivity contribution >= 4 is 40.0 Å². The summed E-state index contributed by atoms with van der Waals surface area (Å²) in [6, 6.07) is 0. The molecule has 0 bridgehead atoms. The lowest BCUT2D eigenvalue weighted by Gasteiger charge is -2.18. The second-order valence-corrected chi connectivity index (χ2v) is 10.2. The van der Waals surface area contributed by atoms with E-state index in [-0.39, 0.29) is 49.9 Å². The molecule has 1 N–H and O–H groups in total. The first-order chi connectivity index (χ1) is 16.1. The minimum absolute atomic E-state index is 0.0944. The van der Waals surface area contributed by atoms with Gasteiger partial charge in [0, 0.05) is 30.6 Å². The average Bonchev–Trinajstić information content (AvgIpc) is 2.75. The van der Waals surface area contributed by atoms with E-state index in [0.29, 0.717) is 37.9 Å². The second-order valence-electron chi connectivity index (χ2n) is 7.53. The summed E-state index contributed by atoms with van der Waals surface area (Å²) >= 11 is 1.01. The second kappa shape index (κ2) is 19.8. The van der Waals surface area contributed by atoms with Gasteiger partial charge in [0.2, 0.25) is 10.0 Å². The molecule has 0 heterocycles. The van der Waals surface area contributed by atoms with Crippen LogP contribution in [0.4, 0.5) is 0 Å². The van der Waals surface area contributed by atoms with Gasteiger partial charge in [-0.3, -0.25) is 14.4 Å². The maximum Gasteiger partial charge on any atom is 0.321 e. The standard InChI is InChI=1S/C21H39NO10S2/c1-5-28-19(23)12-7-10-18(11-8-13-20(24)29-6-2)30-21(25)16-22-34(26,27)15-9-14-33-32-31-17(3)4/h17-18,22H,5-16H2,1-4H3. The molecule has 0 aliphatic rings. The van der Waals surface area contributed by atoms with Gasteiger partial charge in [-0.05, 0) is 59.8 Å². The third kappa shape index (κ3) is 20.0. The van der Waals surface area contributed by atoms with Crippen molar-refractivity contribution in [2.75, 3.05) is 31.3 Å². The van der Waals surface area contributed by atoms with Gasteiger partial charge in [-0.15, -0.1) is 0 Å². The van der Waals surface area contributed by atoms with Gasteiger partial charge in [0.15, 0.2) is 0 Å². The summed E-state index contributed by atoms with van der Waals surface area (Å²) in [5, 5.41) is 0. The number of hydrogen-bond donors (Lipinski definition) is 1. The lowest BCUT2D eigenvalue weighted by atomic mass is 10.1. The summed E-state index contributed by atoms with van der Waals surface area (Å²) in [6.45, 7) is 7.11. The Morgan fingerprint density at radius 3 is 1.94 bits per heavy atom. The van der Waals surface area contributed by atoms with Crippen LogP contribution in [-0.2, 0) is 47.8 Å². The molecule has 13 heteroatoms. The van der Waals surface area contributed by atoms with Crippen molar-refractivity contribution in [2.24, 2.45) is 0 Å². The lowest BCUT2D eigenvalue weighted by molar-refractivity contribution is -0.220. The van der Waals surface area contributed by atoms with Crippen LogP contribution in [-0.4, -0.2) is 69.8 Å². The molecule has 0 radical (unpaired) electrons. The average molecular weight is 530 g/mol. The van der Waals surface area contributed by atoms with E-state index < -0.39 is 28.6 Å². The van der Waals surface area contributed by atoms with Crippen LogP contribution in [0.5, 0.6) is 0 Å². The van der Waals surface area contributed by atoms with Crippen molar-refractivity contribution in [3.63, 3.8) is 0 Å². The molecule has 11 nitrogen and oxygen atoms in total. The first kappa shape index (κ1) is 32.6. The molecule has 0 fully saturated rings. The van der Waals surface area contributed by atoms with E-state index in [1.54, 1.807) is 27.7 Å². The van der Waals surface area contributed by atoms with Gasteiger partial charge in [0.25, 0.3) is 0 Å². The first-order valence-electron chi connectivity index (χ1n) is 11.5. The van der Waals surface area contributed by atoms with E-state index in [1.165, 1.54) is 0 Å². The van der Waals surface area contributed by atoms with E-state index in [2.05, 4.69) is 4.72 Å². The Morgan fingerprint density at radius 2 is 1.44 bits per heavy atom. The fourth-order valence-electron chi connectivity index (χ4n) is 2.59. The number of nitrogens with one attached hydrogen (secondary N) is 1. The molecular weight excluding hydrogens is 490 g/mol. The monoisotopic (exact) mass is 529 g/mol. The van der Waals surface area contributed by atoms with Crippen LogP contribution in [0.2, 0.25) is 0 Å². The molecule has 0 saturated heterocycles. The number of sulfonamides is 1. The third-order valence-electron chi connectivity index (χ3n) is 4.08. The lowest BCUT2D eigenvalue weighted by Crippen LogP contribution is -2.34. The van der Waals surface area contributed by atoms with Gasteiger partial charge in [0.1, 0.15) is 12.6 Å². The highest BCUT2D eigenvalue weighted by molar-refractivity contribution is 7.94.